The van der Waals surface area contributed by atoms with Crippen molar-refractivity contribution in [2.24, 2.45) is 0 Å². The number of aliphatic carboxylic acids is 1. The molecule has 5 nitrogen and oxygen atoms in total. The molecule has 0 spiro atoms. The molecule has 0 saturated carbocycles. The second-order valence-electron chi connectivity index (χ2n) is 4.29. The average Bonchev–Trinajstić information content (AvgIpc) is 2.62. The number of hydrogen-bond donors (Lipinski definition) is 3. The number of nitrogens with one attached hydrogen (secondary N) is 2. The molecule has 1 rings (SSSR count). The fourth-order valence-electron chi connectivity index (χ4n) is 1.53. The lowest BCUT2D eigenvalue weighted by Gasteiger charge is -2.16. The normalized spacial score (nSPS) is 13.7. The van der Waals surface area contributed by atoms with E-state index in [1.807, 2.05) is 26.0 Å². The summed E-state index contributed by atoms with van der Waals surface area (Å²) >= 11 is 1.63. The van der Waals surface area contributed by atoms with Gasteiger partial charge in [0.25, 0.3) is 0 Å². The van der Waals surface area contributed by atoms with E-state index >= 15 is 0 Å². The number of rotatable bonds is 5. The number of urea groups is 1. The van der Waals surface area contributed by atoms with Crippen molar-refractivity contribution in [1.29, 1.82) is 0 Å². The maximum absolute atomic E-state index is 11.6. The molecule has 0 aromatic carbocycles. The van der Waals surface area contributed by atoms with Gasteiger partial charge in [-0.15, -0.1) is 11.3 Å². The summed E-state index contributed by atoms with van der Waals surface area (Å²) in [6.45, 7) is 5.57. The number of thiophene rings is 1. The smallest absolute Gasteiger partial charge is 0.315 e. The molecule has 100 valence electrons. The zero-order valence-corrected chi connectivity index (χ0v) is 11.5. The number of carboxylic acid groups (broad SMARTS) is 1. The molecule has 1 aromatic heterocycles. The second kappa shape index (κ2) is 6.39. The third-order valence-electron chi connectivity index (χ3n) is 2.39. The van der Waals surface area contributed by atoms with Crippen LogP contribution in [-0.4, -0.2) is 23.1 Å². The molecular weight excluding hydrogens is 252 g/mol. The van der Waals surface area contributed by atoms with E-state index in [1.54, 1.807) is 18.3 Å². The van der Waals surface area contributed by atoms with Crippen LogP contribution in [0, 0.1) is 6.92 Å². The van der Waals surface area contributed by atoms with Crippen molar-refractivity contribution < 1.29 is 14.7 Å². The number of carbonyl (C=O) groups excluding carboxylic acids is 1. The van der Waals surface area contributed by atoms with Crippen LogP contribution in [0.4, 0.5) is 4.79 Å². The minimum absolute atomic E-state index is 0.0827. The first kappa shape index (κ1) is 14.5. The molecule has 0 aliphatic heterocycles. The van der Waals surface area contributed by atoms with Crippen molar-refractivity contribution in [3.8, 4) is 0 Å². The molecule has 2 amide bonds. The van der Waals surface area contributed by atoms with Gasteiger partial charge in [0.2, 0.25) is 0 Å². The van der Waals surface area contributed by atoms with E-state index < -0.39 is 5.97 Å². The van der Waals surface area contributed by atoms with Gasteiger partial charge in [-0.3, -0.25) is 4.79 Å². The average molecular weight is 270 g/mol. The van der Waals surface area contributed by atoms with E-state index in [1.165, 1.54) is 4.88 Å². The van der Waals surface area contributed by atoms with Crippen molar-refractivity contribution in [1.82, 2.24) is 10.6 Å². The third kappa shape index (κ3) is 4.75. The molecule has 2 unspecified atom stereocenters. The number of carboxylic acids is 1. The molecule has 0 aliphatic rings. The summed E-state index contributed by atoms with van der Waals surface area (Å²) in [5.41, 5.74) is 0. The molecule has 0 aliphatic carbocycles. The Hall–Kier alpha value is -1.56. The van der Waals surface area contributed by atoms with Gasteiger partial charge in [0.15, 0.2) is 0 Å². The maximum Gasteiger partial charge on any atom is 0.315 e. The molecule has 2 atom stereocenters. The predicted octanol–water partition coefficient (Wildman–Crippen LogP) is 2.28. The topological polar surface area (TPSA) is 78.4 Å². The summed E-state index contributed by atoms with van der Waals surface area (Å²) in [4.78, 5) is 24.4. The fraction of sp³-hybridized carbons (Fsp3) is 0.500. The second-order valence-corrected chi connectivity index (χ2v) is 5.61. The highest BCUT2D eigenvalue weighted by atomic mass is 32.1. The lowest BCUT2D eigenvalue weighted by Crippen LogP contribution is -2.42. The Kier molecular flexibility index (Phi) is 5.15. The maximum atomic E-state index is 11.6. The third-order valence-corrected chi connectivity index (χ3v) is 3.58. The van der Waals surface area contributed by atoms with E-state index in [0.717, 1.165) is 4.88 Å². The first-order valence-corrected chi connectivity index (χ1v) is 6.55. The van der Waals surface area contributed by atoms with Crippen LogP contribution in [0.1, 0.15) is 36.1 Å². The standard InChI is InChI=1S/C12H18N2O3S/c1-7(6-11(15)16)13-12(17)14-9(3)10-5-4-8(2)18-10/h4-5,7,9H,6H2,1-3H3,(H,15,16)(H2,13,14,17). The first-order valence-electron chi connectivity index (χ1n) is 5.73. The monoisotopic (exact) mass is 270 g/mol. The van der Waals surface area contributed by atoms with E-state index in [4.69, 9.17) is 5.11 Å². The van der Waals surface area contributed by atoms with E-state index in [9.17, 15) is 9.59 Å². The Morgan fingerprint density at radius 1 is 1.33 bits per heavy atom. The highest BCUT2D eigenvalue weighted by molar-refractivity contribution is 7.12. The van der Waals surface area contributed by atoms with Gasteiger partial charge in [-0.05, 0) is 32.9 Å². The molecule has 0 bridgehead atoms. The number of hydrogen-bond acceptors (Lipinski definition) is 3. The first-order chi connectivity index (χ1) is 8.38. The zero-order chi connectivity index (χ0) is 13.7. The van der Waals surface area contributed by atoms with Crippen LogP contribution < -0.4 is 10.6 Å². The molecule has 0 radical (unpaired) electrons. The summed E-state index contributed by atoms with van der Waals surface area (Å²) in [5, 5.41) is 14.0. The summed E-state index contributed by atoms with van der Waals surface area (Å²) < 4.78 is 0. The summed E-state index contributed by atoms with van der Waals surface area (Å²) in [7, 11) is 0. The van der Waals surface area contributed by atoms with Gasteiger partial charge in [0, 0.05) is 15.8 Å². The van der Waals surface area contributed by atoms with Gasteiger partial charge < -0.3 is 15.7 Å². The van der Waals surface area contributed by atoms with E-state index in [0.29, 0.717) is 0 Å². The van der Waals surface area contributed by atoms with Crippen molar-refractivity contribution in [3.63, 3.8) is 0 Å². The van der Waals surface area contributed by atoms with Crippen molar-refractivity contribution in [3.05, 3.63) is 21.9 Å². The minimum Gasteiger partial charge on any atom is -0.481 e. The number of aryl methyl sites for hydroxylation is 1. The quantitative estimate of drug-likeness (QED) is 0.768. The van der Waals surface area contributed by atoms with Gasteiger partial charge in [-0.2, -0.15) is 0 Å². The van der Waals surface area contributed by atoms with Crippen molar-refractivity contribution in [2.45, 2.75) is 39.3 Å². The van der Waals surface area contributed by atoms with Crippen molar-refractivity contribution in [2.75, 3.05) is 0 Å². The molecule has 0 saturated heterocycles. The lowest BCUT2D eigenvalue weighted by atomic mass is 10.2. The van der Waals surface area contributed by atoms with Crippen LogP contribution in [0.3, 0.4) is 0 Å². The van der Waals surface area contributed by atoms with Crippen molar-refractivity contribution >= 4 is 23.3 Å². The van der Waals surface area contributed by atoms with Crippen LogP contribution >= 0.6 is 11.3 Å². The zero-order valence-electron chi connectivity index (χ0n) is 10.7. The Labute approximate surface area is 110 Å². The van der Waals surface area contributed by atoms with E-state index in [-0.39, 0.29) is 24.5 Å². The minimum atomic E-state index is -0.926. The Bertz CT molecular complexity index is 431. The summed E-state index contributed by atoms with van der Waals surface area (Å²) in [6.07, 6.45) is -0.0834. The molecule has 0 fully saturated rings. The highest BCUT2D eigenvalue weighted by Gasteiger charge is 2.14. The van der Waals surface area contributed by atoms with Gasteiger partial charge in [-0.1, -0.05) is 0 Å². The number of amides is 2. The number of carbonyl (C=O) groups is 2. The lowest BCUT2D eigenvalue weighted by molar-refractivity contribution is -0.137. The molecular formula is C12H18N2O3S. The SMILES string of the molecule is Cc1ccc(C(C)NC(=O)NC(C)CC(=O)O)s1. The van der Waals surface area contributed by atoms with Crippen LogP contribution in [0.15, 0.2) is 12.1 Å². The van der Waals surface area contributed by atoms with Crippen LogP contribution in [-0.2, 0) is 4.79 Å². The Morgan fingerprint density at radius 3 is 2.50 bits per heavy atom. The van der Waals surface area contributed by atoms with Crippen LogP contribution in [0.25, 0.3) is 0 Å². The van der Waals surface area contributed by atoms with Gasteiger partial charge >= 0.3 is 12.0 Å². The molecule has 1 heterocycles. The van der Waals surface area contributed by atoms with E-state index in [2.05, 4.69) is 10.6 Å². The van der Waals surface area contributed by atoms with Crippen LogP contribution in [0.5, 0.6) is 0 Å². The molecule has 18 heavy (non-hydrogen) atoms. The largest absolute Gasteiger partial charge is 0.481 e. The van der Waals surface area contributed by atoms with Gasteiger partial charge in [0.1, 0.15) is 0 Å². The molecule has 3 N–H and O–H groups in total. The van der Waals surface area contributed by atoms with Gasteiger partial charge in [-0.25, -0.2) is 4.79 Å². The Morgan fingerprint density at radius 2 is 2.00 bits per heavy atom. The fourth-order valence-corrected chi connectivity index (χ4v) is 2.41. The summed E-state index contributed by atoms with van der Waals surface area (Å²) in [5.74, 6) is -0.926. The molecule has 6 heteroatoms. The van der Waals surface area contributed by atoms with Crippen LogP contribution in [0.2, 0.25) is 0 Å². The highest BCUT2D eigenvalue weighted by Crippen LogP contribution is 2.21. The predicted molar refractivity (Wildman–Crippen MR) is 70.9 cm³/mol. The van der Waals surface area contributed by atoms with Gasteiger partial charge in [0.05, 0.1) is 12.5 Å². The Balaban J connectivity index is 2.42. The molecule has 1 aromatic rings. The summed E-state index contributed by atoms with van der Waals surface area (Å²) in [6, 6.07) is 3.16.